The van der Waals surface area contributed by atoms with Crippen molar-refractivity contribution in [1.29, 1.82) is 5.41 Å². The maximum Gasteiger partial charge on any atom is 0.309 e. The van der Waals surface area contributed by atoms with Crippen LogP contribution in [0.15, 0.2) is 47.4 Å². The monoisotopic (exact) mass is 470 g/mol. The molecule has 2 aromatic carbocycles. The number of benzene rings is 2. The zero-order valence-electron chi connectivity index (χ0n) is 18.4. The number of sulfonamides is 1. The topological polar surface area (TPSA) is 126 Å². The molecule has 4 rings (SSSR count). The maximum atomic E-state index is 13.5. The van der Waals surface area contributed by atoms with Crippen molar-refractivity contribution in [2.45, 2.75) is 31.2 Å². The summed E-state index contributed by atoms with van der Waals surface area (Å²) in [6, 6.07) is 11.8. The summed E-state index contributed by atoms with van der Waals surface area (Å²) < 4.78 is 35.6. The van der Waals surface area contributed by atoms with Crippen LogP contribution in [-0.4, -0.2) is 59.5 Å². The highest BCUT2D eigenvalue weighted by atomic mass is 32.2. The van der Waals surface area contributed by atoms with Crippen LogP contribution in [0.3, 0.4) is 0 Å². The smallest absolute Gasteiger partial charge is 0.309 e. The van der Waals surface area contributed by atoms with Gasteiger partial charge in [-0.2, -0.15) is 9.40 Å². The van der Waals surface area contributed by atoms with Crippen LogP contribution in [0.2, 0.25) is 0 Å². The van der Waals surface area contributed by atoms with Crippen LogP contribution in [0.1, 0.15) is 31.1 Å². The molecule has 2 N–H and O–H groups in total. The van der Waals surface area contributed by atoms with Gasteiger partial charge in [-0.15, -0.1) is 0 Å². The third kappa shape index (κ3) is 4.23. The fourth-order valence-electron chi connectivity index (χ4n) is 4.37. The number of carboxylic acid groups (broad SMARTS) is 1. The molecule has 0 unspecified atom stereocenters. The highest BCUT2D eigenvalue weighted by molar-refractivity contribution is 7.89. The molecule has 2 heterocycles. The van der Waals surface area contributed by atoms with E-state index in [0.717, 1.165) is 17.1 Å². The lowest BCUT2D eigenvalue weighted by molar-refractivity contribution is -0.136. The number of carboxylic acids is 1. The summed E-state index contributed by atoms with van der Waals surface area (Å²) in [6.45, 7) is 4.73. The Labute approximate surface area is 192 Å². The average molecular weight is 471 g/mol. The lowest BCUT2D eigenvalue weighted by Crippen LogP contribution is -2.30. The number of nitrogens with zero attached hydrogens (tertiary/aromatic N) is 3. The first-order valence-electron chi connectivity index (χ1n) is 10.7. The van der Waals surface area contributed by atoms with Gasteiger partial charge in [-0.1, -0.05) is 25.1 Å². The van der Waals surface area contributed by atoms with E-state index in [9.17, 15) is 18.3 Å². The van der Waals surface area contributed by atoms with Gasteiger partial charge in [0.25, 0.3) is 0 Å². The number of hydrogen-bond acceptors (Lipinski definition) is 6. The molecule has 3 aromatic rings. The van der Waals surface area contributed by atoms with Crippen LogP contribution in [0.5, 0.6) is 5.75 Å². The summed E-state index contributed by atoms with van der Waals surface area (Å²) in [6.07, 6.45) is 0.817. The van der Waals surface area contributed by atoms with Crippen LogP contribution in [-0.2, 0) is 21.2 Å². The largest absolute Gasteiger partial charge is 0.494 e. The fourth-order valence-corrected chi connectivity index (χ4v) is 6.09. The molecule has 10 heteroatoms. The molecule has 174 valence electrons. The van der Waals surface area contributed by atoms with E-state index in [-0.39, 0.29) is 35.4 Å². The molecule has 9 nitrogen and oxygen atoms in total. The van der Waals surface area contributed by atoms with Crippen molar-refractivity contribution in [3.05, 3.63) is 53.7 Å². The minimum Gasteiger partial charge on any atom is -0.494 e. The summed E-state index contributed by atoms with van der Waals surface area (Å²) in [4.78, 5) is 11.4. The molecular formula is C23H26N4O5S. The van der Waals surface area contributed by atoms with Gasteiger partial charge in [-0.3, -0.25) is 9.48 Å². The number of aliphatic carboxylic acids is 1. The van der Waals surface area contributed by atoms with Crippen LogP contribution in [0, 0.1) is 11.3 Å². The molecule has 0 saturated carbocycles. The van der Waals surface area contributed by atoms with Crippen LogP contribution in [0.4, 0.5) is 0 Å². The van der Waals surface area contributed by atoms with Crippen molar-refractivity contribution < 1.29 is 23.1 Å². The molecule has 0 spiro atoms. The van der Waals surface area contributed by atoms with E-state index in [1.807, 2.05) is 38.1 Å². The van der Waals surface area contributed by atoms with E-state index >= 15 is 0 Å². The minimum absolute atomic E-state index is 0.0492. The van der Waals surface area contributed by atoms with Crippen molar-refractivity contribution in [3.63, 3.8) is 0 Å². The number of carbonyl (C=O) groups is 1. The van der Waals surface area contributed by atoms with Crippen molar-refractivity contribution in [1.82, 2.24) is 14.1 Å². The Hall–Kier alpha value is -3.24. The normalized spacial score (nSPS) is 19.1. The zero-order valence-corrected chi connectivity index (χ0v) is 19.2. The number of nitrogens with one attached hydrogen (secondary N) is 1. The molecule has 1 saturated heterocycles. The number of para-hydroxylation sites is 1. The van der Waals surface area contributed by atoms with E-state index in [1.54, 1.807) is 16.8 Å². The zero-order chi connectivity index (χ0) is 23.8. The Bertz CT molecular complexity index is 1320. The molecule has 1 aliphatic rings. The van der Waals surface area contributed by atoms with Gasteiger partial charge in [0.2, 0.25) is 10.0 Å². The summed E-state index contributed by atoms with van der Waals surface area (Å²) in [7, 11) is -3.86. The van der Waals surface area contributed by atoms with Gasteiger partial charge in [0.15, 0.2) is 0 Å². The maximum absolute atomic E-state index is 13.5. The Morgan fingerprint density at radius 3 is 2.73 bits per heavy atom. The first-order valence-corrected chi connectivity index (χ1v) is 12.2. The molecule has 0 radical (unpaired) electrons. The molecule has 0 bridgehead atoms. The van der Waals surface area contributed by atoms with Crippen molar-refractivity contribution in [2.24, 2.45) is 5.92 Å². The van der Waals surface area contributed by atoms with Crippen molar-refractivity contribution in [2.75, 3.05) is 19.7 Å². The Morgan fingerprint density at radius 2 is 2.03 bits per heavy atom. The summed E-state index contributed by atoms with van der Waals surface area (Å²) >= 11 is 0. The first-order chi connectivity index (χ1) is 15.8. The third-order valence-corrected chi connectivity index (χ3v) is 7.83. The second-order valence-electron chi connectivity index (χ2n) is 8.12. The van der Waals surface area contributed by atoms with Gasteiger partial charge in [0.05, 0.1) is 35.2 Å². The molecule has 0 amide bonds. The number of hydrogen-bond donors (Lipinski definition) is 2. The first kappa shape index (κ1) is 22.9. The molecule has 2 atom stereocenters. The van der Waals surface area contributed by atoms with Crippen molar-refractivity contribution >= 4 is 33.1 Å². The summed E-state index contributed by atoms with van der Waals surface area (Å²) in [5.41, 5.74) is 1.51. The predicted molar refractivity (Wildman–Crippen MR) is 124 cm³/mol. The van der Waals surface area contributed by atoms with Gasteiger partial charge >= 0.3 is 5.97 Å². The van der Waals surface area contributed by atoms with Crippen molar-refractivity contribution in [3.8, 4) is 5.75 Å². The summed E-state index contributed by atoms with van der Waals surface area (Å²) in [5.74, 6) is -0.507. The molecular weight excluding hydrogens is 444 g/mol. The molecule has 0 aliphatic carbocycles. The van der Waals surface area contributed by atoms with Crippen LogP contribution < -0.4 is 4.74 Å². The van der Waals surface area contributed by atoms with E-state index in [2.05, 4.69) is 5.10 Å². The van der Waals surface area contributed by atoms with Gasteiger partial charge in [0.1, 0.15) is 5.75 Å². The number of fused-ring (bicyclic) bond motifs is 1. The minimum atomic E-state index is -3.86. The van der Waals surface area contributed by atoms with Crippen LogP contribution in [0.25, 0.3) is 10.9 Å². The lowest BCUT2D eigenvalue weighted by Gasteiger charge is -2.19. The second kappa shape index (κ2) is 8.95. The van der Waals surface area contributed by atoms with E-state index < -0.39 is 16.0 Å². The van der Waals surface area contributed by atoms with E-state index in [1.165, 1.54) is 10.4 Å². The van der Waals surface area contributed by atoms with Gasteiger partial charge in [-0.05, 0) is 37.1 Å². The predicted octanol–water partition coefficient (Wildman–Crippen LogP) is 2.94. The standard InChI is InChI=1S/C23H26N4O5S/c1-3-32-17-8-9-22(16(10-17)12-24)33(30,31)26-13-15(2)21(14-26)27-20-7-5-4-6-18(20)19(25-27)11-23(28)29/h4-10,12,15,21,24H,3,11,13-14H2,1-2H3,(H,28,29)/t15-,21+/m1/s1. The van der Waals surface area contributed by atoms with Gasteiger partial charge in [-0.25, -0.2) is 8.42 Å². The van der Waals surface area contributed by atoms with Gasteiger partial charge < -0.3 is 15.3 Å². The molecule has 1 aliphatic heterocycles. The SMILES string of the molecule is CCOc1ccc(S(=O)(=O)N2C[C@@H](C)[C@@H](n3nc(CC(=O)O)c4ccccc43)C2)c(C=N)c1. The third-order valence-electron chi connectivity index (χ3n) is 5.93. The highest BCUT2D eigenvalue weighted by Crippen LogP contribution is 2.35. The fraction of sp³-hybridized carbons (Fsp3) is 0.348. The molecule has 1 fully saturated rings. The quantitative estimate of drug-likeness (QED) is 0.488. The average Bonchev–Trinajstić information content (AvgIpc) is 3.34. The lowest BCUT2D eigenvalue weighted by atomic mass is 10.1. The Kier molecular flexibility index (Phi) is 6.22. The number of rotatable bonds is 8. The number of aromatic nitrogens is 2. The number of ether oxygens (including phenoxy) is 1. The Balaban J connectivity index is 1.69. The Morgan fingerprint density at radius 1 is 1.27 bits per heavy atom. The molecule has 33 heavy (non-hydrogen) atoms. The second-order valence-corrected chi connectivity index (χ2v) is 10.0. The van der Waals surface area contributed by atoms with Crippen LogP contribution >= 0.6 is 0 Å². The van der Waals surface area contributed by atoms with E-state index in [4.69, 9.17) is 10.1 Å². The van der Waals surface area contributed by atoms with E-state index in [0.29, 0.717) is 24.6 Å². The summed E-state index contributed by atoms with van der Waals surface area (Å²) in [5, 5.41) is 22.3. The molecule has 1 aromatic heterocycles. The highest BCUT2D eigenvalue weighted by Gasteiger charge is 2.40. The van der Waals surface area contributed by atoms with Gasteiger partial charge in [0, 0.05) is 30.3 Å².